The molecule has 0 unspecified atom stereocenters. The average molecular weight is 2730 g/mol. The van der Waals surface area contributed by atoms with E-state index in [2.05, 4.69) is 285 Å². The molecule has 16 heterocycles. The number of imidazole rings is 5. The molecule has 16 aromatic rings. The van der Waals surface area contributed by atoms with Crippen molar-refractivity contribution in [3.63, 3.8) is 0 Å². The number of methoxy groups -OCH3 is 4. The number of aliphatic hydroxyl groups is 1. The fourth-order valence-corrected chi connectivity index (χ4v) is 12.3. The molecule has 0 aromatic carbocycles. The van der Waals surface area contributed by atoms with Crippen molar-refractivity contribution in [1.82, 2.24) is 148 Å². The van der Waals surface area contributed by atoms with Gasteiger partial charge in [-0.2, -0.15) is 23.4 Å². The molecule has 0 spiro atoms. The molecule has 0 aliphatic rings. The van der Waals surface area contributed by atoms with Gasteiger partial charge >= 0.3 is 113 Å². The van der Waals surface area contributed by atoms with E-state index in [9.17, 15) is 43.5 Å². The second-order valence-electron chi connectivity index (χ2n) is 23.6. The number of rotatable bonds is 19. The number of hydrogen-bond donors (Lipinski definition) is 1. The maximum absolute atomic E-state index is 12.3. The van der Waals surface area contributed by atoms with Crippen LogP contribution in [0.5, 0.6) is 0 Å². The van der Waals surface area contributed by atoms with Gasteiger partial charge in [-0.25, -0.2) is 44.1 Å². The van der Waals surface area contributed by atoms with E-state index in [0.29, 0.717) is 95.4 Å². The third-order valence-corrected chi connectivity index (χ3v) is 17.8. The fraction of sp³-hybridized carbons (Fsp3) is 0.257. The Balaban J connectivity index is 0.000000214. The third-order valence-electron chi connectivity index (χ3n) is 15.7. The molecule has 0 radical (unpaired) electrons. The van der Waals surface area contributed by atoms with Crippen molar-refractivity contribution >= 4 is 269 Å². The van der Waals surface area contributed by atoms with Crippen LogP contribution in [0, 0.1) is 6.92 Å². The van der Waals surface area contributed by atoms with Crippen molar-refractivity contribution in [2.24, 2.45) is 0 Å². The Morgan fingerprint density at radius 1 is 0.430 bits per heavy atom. The number of alkyl halides is 4. The van der Waals surface area contributed by atoms with Gasteiger partial charge in [0.25, 0.3) is 0 Å². The minimum absolute atomic E-state index is 0. The molecule has 0 atom stereocenters. The second kappa shape index (κ2) is 52.7. The van der Waals surface area contributed by atoms with Crippen LogP contribution in [0.2, 0.25) is 0 Å². The molecule has 676 valence electrons. The molecular weight excluding hydrogens is 2660 g/mol. The summed E-state index contributed by atoms with van der Waals surface area (Å²) in [6.45, 7) is 6.57. The molecule has 0 aliphatic heterocycles. The molecule has 0 saturated heterocycles. The zero-order valence-corrected chi connectivity index (χ0v) is 87.9. The zero-order valence-electron chi connectivity index (χ0n) is 67.4. The average Bonchev–Trinajstić information content (AvgIpc) is 1.61. The van der Waals surface area contributed by atoms with Crippen LogP contribution in [0.25, 0.3) is 67.2 Å². The van der Waals surface area contributed by atoms with E-state index >= 15 is 0 Å². The van der Waals surface area contributed by atoms with E-state index in [1.807, 2.05) is 51.8 Å². The first-order valence-corrected chi connectivity index (χ1v) is 58.2. The number of carbonyl (C=O) groups excluding carboxylic acids is 8. The summed E-state index contributed by atoms with van der Waals surface area (Å²) in [5.41, 5.74) is 7.40. The van der Waals surface area contributed by atoms with Crippen LogP contribution in [0.1, 0.15) is 111 Å². The van der Waals surface area contributed by atoms with Gasteiger partial charge in [0, 0.05) is 105 Å². The number of ether oxygens (including phenoxy) is 8. The van der Waals surface area contributed by atoms with Crippen LogP contribution in [0.3, 0.4) is 0 Å². The summed E-state index contributed by atoms with van der Waals surface area (Å²) in [7, 11) is 5.20. The van der Waals surface area contributed by atoms with Crippen molar-refractivity contribution in [1.29, 1.82) is 0 Å². The molecule has 16 rings (SSSR count). The van der Waals surface area contributed by atoms with Crippen LogP contribution in [0.15, 0.2) is 132 Å². The molecule has 58 heteroatoms. The predicted molar refractivity (Wildman–Crippen MR) is 518 cm³/mol. The van der Waals surface area contributed by atoms with Gasteiger partial charge in [0.2, 0.25) is 0 Å². The fourth-order valence-electron chi connectivity index (χ4n) is 10.7. The molecule has 1 N–H and O–H groups in total. The minimum atomic E-state index is -0.520. The molecule has 16 aromatic heterocycles. The number of hydrogen-bond acceptors (Lipinski definition) is 38. The number of aromatic nitrogens is 30. The van der Waals surface area contributed by atoms with Crippen molar-refractivity contribution in [3.05, 3.63) is 188 Å². The van der Waals surface area contributed by atoms with Gasteiger partial charge in [0.1, 0.15) is 39.6 Å². The van der Waals surface area contributed by atoms with Gasteiger partial charge < -0.3 is 56.2 Å². The Labute approximate surface area is 836 Å². The Hall–Kier alpha value is -9.13. The number of carbonyl (C=O) groups is 8. The maximum atomic E-state index is 12.3. The first-order valence-electron chi connectivity index (χ1n) is 34.9. The number of halogens is 9. The van der Waals surface area contributed by atoms with Crippen LogP contribution in [-0.2, 0) is 95.0 Å². The topological polar surface area (TPSA) is 535 Å². The molecule has 0 saturated carbocycles. The van der Waals surface area contributed by atoms with E-state index in [4.69, 9.17) is 37.9 Å². The summed E-state index contributed by atoms with van der Waals surface area (Å²) in [5.74, 6) is -2.23. The summed E-state index contributed by atoms with van der Waals surface area (Å²) in [6, 6.07) is 12.1. The first-order chi connectivity index (χ1) is 61.1. The van der Waals surface area contributed by atoms with Crippen molar-refractivity contribution < 1.29 is 86.3 Å². The number of tetrazole rings is 5. The van der Waals surface area contributed by atoms with Crippen LogP contribution in [0.4, 0.5) is 0 Å². The first kappa shape index (κ1) is 106. The van der Waals surface area contributed by atoms with E-state index in [1.165, 1.54) is 82.0 Å². The SMILES string of the molecule is C.CC(=O)OCc1nnnn1-c1cc(Br)cn2ccnc12.CI.CI.COC(=O)c1cc(-n2nnnc2CO)c2nccn2c1.COC(=O)c1cc(-n2nnnc2COC(C)=O)c2ncc(-c3ccc(C)s3)n2c1.COC(=O)c1cc(-n2nnnc2COC(C)=O)c2ncc(Br)n2c1.COC(=O)c1cc(-n2nnnc2COC(C)=O)c2nccn2c1.ICI.[I][V]([I])[I]. The molecule has 0 aliphatic carbocycles. The Morgan fingerprint density at radius 3 is 1.05 bits per heavy atom. The Bertz CT molecular complexity index is 6470. The zero-order chi connectivity index (χ0) is 92.7. The van der Waals surface area contributed by atoms with Crippen molar-refractivity contribution in [3.8, 4) is 39.0 Å². The summed E-state index contributed by atoms with van der Waals surface area (Å²) >= 11 is 24.6. The molecule has 0 amide bonds. The van der Waals surface area contributed by atoms with Gasteiger partial charge in [-0.15, -0.1) is 36.8 Å². The summed E-state index contributed by atoms with van der Waals surface area (Å²) < 4.78 is 57.1. The summed E-state index contributed by atoms with van der Waals surface area (Å²) in [6.07, 6.45) is 21.7. The molecule has 0 bridgehead atoms. The predicted octanol–water partition coefficient (Wildman–Crippen LogP) is 11.2. The number of aryl methyl sites for hydroxylation is 1. The summed E-state index contributed by atoms with van der Waals surface area (Å²) in [5, 5.41) is 65.8. The Kier molecular flexibility index (Phi) is 43.6. The standard InChI is InChI=1S/C18H16N6O4S.C13H11BrN6O4.C13H12N6O4.C11H9BrN6O2.C11H10N6O3.CH2I2.2CH3I.CH4.3HI.V/c1-10-4-5-15(29-10)14-7-19-17-13(6-12(8-23(14)17)18(26)27-3)24-16(20-21-22-24)9-28-11(2)25;1-7(21)24-6-11-16-17-18-20(11)9-3-8(13(22)23-2)5-19-10(14)4-15-12(9)19;1-8(20)23-7-11-15-16-17-19(11)10-5-9(13(21)22-2)6-18-4-3-14-12(10)18;1-7(19)20-6-10-14-15-16-18(10)9-4-8(12)5-17-3-2-13-11(9)17;1-20-11(19)7-4-8(10-12-2-3-16(10)5-7)17-9(6-18)13-14-15-17;2-1-3;2*1-2;;;;;/h4-8H,9H2,1-3H3;3-5H,6H2,1-2H3;3-6H,7H2,1-2H3;2-5H,6H2,1H3;2-5,18H,6H2,1H3;1H2;2*1H3;1H4;3*1H;/q;;;;;;;;;;;;+3/p-3. The molecular formula is C70H70Br2I7N30O17SV. The quantitative estimate of drug-likeness (QED) is 0.0340. The van der Waals surface area contributed by atoms with Gasteiger partial charge in [0.05, 0.1) is 76.1 Å². The summed E-state index contributed by atoms with van der Waals surface area (Å²) in [4.78, 5) is 119. The number of pyridine rings is 5. The number of esters is 8. The van der Waals surface area contributed by atoms with Crippen LogP contribution >= 0.6 is 193 Å². The van der Waals surface area contributed by atoms with E-state index < -0.39 is 41.8 Å². The number of fused-ring (bicyclic) bond motifs is 5. The van der Waals surface area contributed by atoms with Gasteiger partial charge in [-0.3, -0.25) is 28.0 Å². The monoisotopic (exact) mass is 2730 g/mol. The third kappa shape index (κ3) is 28.2. The van der Waals surface area contributed by atoms with Crippen molar-refractivity contribution in [2.45, 2.75) is 75.1 Å². The van der Waals surface area contributed by atoms with E-state index in [0.717, 1.165) is 19.9 Å². The van der Waals surface area contributed by atoms with Crippen molar-refractivity contribution in [2.75, 3.05) is 40.7 Å². The number of aliphatic hydroxyl groups excluding tert-OH is 1. The molecule has 128 heavy (non-hydrogen) atoms. The van der Waals surface area contributed by atoms with E-state index in [-0.39, 0.29) is 68.6 Å². The van der Waals surface area contributed by atoms with Gasteiger partial charge in [0.15, 0.2) is 83.8 Å². The van der Waals surface area contributed by atoms with Crippen LogP contribution < -0.4 is 0 Å². The van der Waals surface area contributed by atoms with E-state index in [1.54, 1.807) is 121 Å². The molecule has 0 fully saturated rings. The second-order valence-corrected chi connectivity index (χ2v) is 66.4. The van der Waals surface area contributed by atoms with Crippen LogP contribution in [-0.4, -0.2) is 242 Å². The number of nitrogens with zero attached hydrogens (tertiary/aromatic N) is 30. The molecule has 47 nitrogen and oxygen atoms in total. The number of thiophene rings is 1. The van der Waals surface area contributed by atoms with Gasteiger partial charge in [-0.1, -0.05) is 97.8 Å². The normalized spacial score (nSPS) is 10.4. The van der Waals surface area contributed by atoms with Gasteiger partial charge in [-0.05, 0) is 143 Å². The Morgan fingerprint density at radius 2 is 0.727 bits per heavy atom.